The number of hydrogen-bond acceptors (Lipinski definition) is 5. The lowest BCUT2D eigenvalue weighted by atomic mass is 10.2. The zero-order chi connectivity index (χ0) is 18.8. The lowest BCUT2D eigenvalue weighted by Crippen LogP contribution is -2.23. The molecule has 0 radical (unpaired) electrons. The van der Waals surface area contributed by atoms with Crippen molar-refractivity contribution in [2.75, 3.05) is 6.61 Å². The summed E-state index contributed by atoms with van der Waals surface area (Å²) in [6.07, 6.45) is 2.76. The molecule has 0 aliphatic heterocycles. The smallest absolute Gasteiger partial charge is 0.291 e. The minimum absolute atomic E-state index is 0.184. The third kappa shape index (κ3) is 3.72. The molecule has 0 N–H and O–H groups in total. The zero-order valence-electron chi connectivity index (χ0n) is 14.6. The van der Waals surface area contributed by atoms with Gasteiger partial charge in [0.25, 0.3) is 5.56 Å². The van der Waals surface area contributed by atoms with Crippen molar-refractivity contribution in [3.05, 3.63) is 74.0 Å². The number of fused-ring (bicyclic) bond motifs is 1. The molecule has 7 heteroatoms. The van der Waals surface area contributed by atoms with Crippen LogP contribution >= 0.6 is 22.9 Å². The minimum atomic E-state index is -0.184. The Morgan fingerprint density at radius 2 is 2.04 bits per heavy atom. The molecule has 2 aromatic carbocycles. The summed E-state index contributed by atoms with van der Waals surface area (Å²) in [4.78, 5) is 17.7. The lowest BCUT2D eigenvalue weighted by molar-refractivity contribution is 0.317. The summed E-state index contributed by atoms with van der Waals surface area (Å²) < 4.78 is 7.50. The molecule has 0 aliphatic rings. The van der Waals surface area contributed by atoms with Gasteiger partial charge in [-0.25, -0.2) is 0 Å². The van der Waals surface area contributed by atoms with Gasteiger partial charge in [-0.1, -0.05) is 42.0 Å². The molecular weight excluding hydrogens is 382 g/mol. The first-order valence-electron chi connectivity index (χ1n) is 8.54. The van der Waals surface area contributed by atoms with Crippen LogP contribution < -0.4 is 14.8 Å². The summed E-state index contributed by atoms with van der Waals surface area (Å²) >= 11 is 7.31. The van der Waals surface area contributed by atoms with Crippen LogP contribution in [-0.4, -0.2) is 21.2 Å². The van der Waals surface area contributed by atoms with Crippen molar-refractivity contribution in [3.63, 3.8) is 0 Å². The average Bonchev–Trinajstić information content (AvgIpc) is 3.20. The monoisotopic (exact) mass is 397 g/mol. The molecule has 2 aromatic heterocycles. The first-order valence-corrected chi connectivity index (χ1v) is 9.73. The van der Waals surface area contributed by atoms with Crippen molar-refractivity contribution in [2.45, 2.75) is 13.3 Å². The molecule has 0 saturated carbocycles. The van der Waals surface area contributed by atoms with Crippen LogP contribution in [-0.2, 0) is 0 Å². The van der Waals surface area contributed by atoms with E-state index in [1.807, 2.05) is 42.5 Å². The van der Waals surface area contributed by atoms with Gasteiger partial charge in [0.05, 0.1) is 11.1 Å². The Bertz CT molecular complexity index is 1200. The number of rotatable bonds is 5. The van der Waals surface area contributed by atoms with Gasteiger partial charge >= 0.3 is 0 Å². The second-order valence-electron chi connectivity index (χ2n) is 5.97. The van der Waals surface area contributed by atoms with Crippen molar-refractivity contribution in [1.82, 2.24) is 14.6 Å². The molecule has 4 aromatic rings. The molecule has 0 spiro atoms. The van der Waals surface area contributed by atoms with Crippen molar-refractivity contribution in [3.8, 4) is 17.1 Å². The first-order chi connectivity index (χ1) is 13.1. The number of hydrogen-bond donors (Lipinski definition) is 0. The predicted octanol–water partition coefficient (Wildman–Crippen LogP) is 3.81. The second kappa shape index (κ2) is 7.50. The van der Waals surface area contributed by atoms with Gasteiger partial charge in [-0.05, 0) is 54.5 Å². The van der Waals surface area contributed by atoms with Gasteiger partial charge in [-0.3, -0.25) is 4.79 Å². The maximum absolute atomic E-state index is 12.6. The normalized spacial score (nSPS) is 12.0. The molecule has 2 heterocycles. The van der Waals surface area contributed by atoms with E-state index in [4.69, 9.17) is 16.3 Å². The summed E-state index contributed by atoms with van der Waals surface area (Å²) in [6.45, 7) is 2.75. The summed E-state index contributed by atoms with van der Waals surface area (Å²) in [5, 5.41) is 5.00. The van der Waals surface area contributed by atoms with Crippen LogP contribution in [0.4, 0.5) is 0 Å². The van der Waals surface area contributed by atoms with Crippen molar-refractivity contribution < 1.29 is 4.74 Å². The van der Waals surface area contributed by atoms with Gasteiger partial charge in [0, 0.05) is 10.6 Å². The quantitative estimate of drug-likeness (QED) is 0.514. The van der Waals surface area contributed by atoms with E-state index < -0.39 is 0 Å². The largest absolute Gasteiger partial charge is 0.494 e. The number of aromatic nitrogens is 3. The topological polar surface area (TPSA) is 56.5 Å². The maximum atomic E-state index is 12.6. The molecule has 0 saturated heterocycles. The lowest BCUT2D eigenvalue weighted by Gasteiger charge is -2.04. The van der Waals surface area contributed by atoms with Gasteiger partial charge < -0.3 is 4.74 Å². The molecular formula is C20H16ClN3O2S. The first kappa shape index (κ1) is 17.7. The van der Waals surface area contributed by atoms with Crippen LogP contribution in [0.15, 0.2) is 53.3 Å². The number of ether oxygens (including phenoxy) is 1. The highest BCUT2D eigenvalue weighted by Gasteiger charge is 2.12. The van der Waals surface area contributed by atoms with Crippen molar-refractivity contribution in [1.29, 1.82) is 0 Å². The van der Waals surface area contributed by atoms with Gasteiger partial charge in [0.15, 0.2) is 5.82 Å². The van der Waals surface area contributed by atoms with Gasteiger partial charge in [-0.15, -0.1) is 5.10 Å². The Labute approximate surface area is 164 Å². The van der Waals surface area contributed by atoms with E-state index in [0.29, 0.717) is 26.9 Å². The van der Waals surface area contributed by atoms with Crippen molar-refractivity contribution in [2.24, 2.45) is 0 Å². The number of nitrogens with zero attached hydrogens (tertiary/aromatic N) is 3. The Morgan fingerprint density at radius 1 is 1.22 bits per heavy atom. The Hall–Kier alpha value is -2.70. The van der Waals surface area contributed by atoms with E-state index in [9.17, 15) is 4.79 Å². The molecule has 0 unspecified atom stereocenters. The van der Waals surface area contributed by atoms with Crippen LogP contribution in [0.3, 0.4) is 0 Å². The van der Waals surface area contributed by atoms with Crippen molar-refractivity contribution >= 4 is 34.0 Å². The molecule has 0 bridgehead atoms. The number of thiazole rings is 1. The van der Waals surface area contributed by atoms with Gasteiger partial charge in [0.2, 0.25) is 4.96 Å². The number of benzene rings is 2. The Balaban J connectivity index is 1.67. The van der Waals surface area contributed by atoms with Crippen LogP contribution in [0.2, 0.25) is 5.02 Å². The third-order valence-electron chi connectivity index (χ3n) is 3.91. The summed E-state index contributed by atoms with van der Waals surface area (Å²) in [5.74, 6) is 1.33. The SMILES string of the molecule is CCCOc1ccc(-c2nc3s/c(=C\c4cccc(Cl)c4)c(=O)n3n2)cc1. The summed E-state index contributed by atoms with van der Waals surface area (Å²) in [5.41, 5.74) is 1.53. The van der Waals surface area contributed by atoms with E-state index in [2.05, 4.69) is 17.0 Å². The molecule has 0 aliphatic carbocycles. The molecule has 136 valence electrons. The van der Waals surface area contributed by atoms with E-state index in [0.717, 1.165) is 23.3 Å². The summed E-state index contributed by atoms with van der Waals surface area (Å²) in [7, 11) is 0. The molecule has 0 atom stereocenters. The van der Waals surface area contributed by atoms with Crippen LogP contribution in [0, 0.1) is 0 Å². The predicted molar refractivity (Wildman–Crippen MR) is 109 cm³/mol. The highest BCUT2D eigenvalue weighted by molar-refractivity contribution is 7.15. The molecule has 27 heavy (non-hydrogen) atoms. The Kier molecular flexibility index (Phi) is 4.92. The van der Waals surface area contributed by atoms with E-state index in [1.165, 1.54) is 15.9 Å². The molecule has 4 rings (SSSR count). The fraction of sp³-hybridized carbons (Fsp3) is 0.150. The number of halogens is 1. The zero-order valence-corrected chi connectivity index (χ0v) is 16.1. The minimum Gasteiger partial charge on any atom is -0.494 e. The van der Waals surface area contributed by atoms with Gasteiger partial charge in [-0.2, -0.15) is 9.50 Å². The van der Waals surface area contributed by atoms with E-state index in [1.54, 1.807) is 12.1 Å². The molecule has 5 nitrogen and oxygen atoms in total. The van der Waals surface area contributed by atoms with E-state index in [-0.39, 0.29) is 5.56 Å². The fourth-order valence-electron chi connectivity index (χ4n) is 2.62. The fourth-order valence-corrected chi connectivity index (χ4v) is 3.73. The average molecular weight is 398 g/mol. The van der Waals surface area contributed by atoms with Crippen LogP contribution in [0.1, 0.15) is 18.9 Å². The van der Waals surface area contributed by atoms with Gasteiger partial charge in [0.1, 0.15) is 5.75 Å². The highest BCUT2D eigenvalue weighted by atomic mass is 35.5. The van der Waals surface area contributed by atoms with E-state index >= 15 is 0 Å². The van der Waals surface area contributed by atoms with Crippen LogP contribution in [0.25, 0.3) is 22.4 Å². The third-order valence-corrected chi connectivity index (χ3v) is 5.11. The molecule has 0 amide bonds. The Morgan fingerprint density at radius 3 is 2.74 bits per heavy atom. The second-order valence-corrected chi connectivity index (χ2v) is 7.42. The molecule has 0 fully saturated rings. The highest BCUT2D eigenvalue weighted by Crippen LogP contribution is 2.20. The van der Waals surface area contributed by atoms with Crippen LogP contribution in [0.5, 0.6) is 5.75 Å². The maximum Gasteiger partial charge on any atom is 0.291 e. The standard InChI is InChI=1S/C20H16ClN3O2S/c1-2-10-26-16-8-6-14(7-9-16)18-22-20-24(23-18)19(25)17(27-20)12-13-4-3-5-15(21)11-13/h3-9,11-12H,2,10H2,1H3/b17-12-. The summed E-state index contributed by atoms with van der Waals surface area (Å²) in [6, 6.07) is 14.9.